The summed E-state index contributed by atoms with van der Waals surface area (Å²) >= 11 is 1.40. The average Bonchev–Trinajstić information content (AvgIpc) is 2.67. The van der Waals surface area contributed by atoms with Crippen molar-refractivity contribution in [1.29, 1.82) is 10.5 Å². The van der Waals surface area contributed by atoms with Crippen molar-refractivity contribution in [3.63, 3.8) is 0 Å². The van der Waals surface area contributed by atoms with Crippen LogP contribution in [0.1, 0.15) is 16.7 Å². The number of nitrogens with two attached hydrogens (primary N) is 1. The van der Waals surface area contributed by atoms with Gasteiger partial charge in [-0.25, -0.2) is 4.98 Å². The Morgan fingerprint density at radius 3 is 2.23 bits per heavy atom. The summed E-state index contributed by atoms with van der Waals surface area (Å²) in [5, 5.41) is 29.2. The van der Waals surface area contributed by atoms with E-state index in [1.807, 2.05) is 36.4 Å². The zero-order valence-corrected chi connectivity index (χ0v) is 14.5. The maximum atomic E-state index is 9.72. The van der Waals surface area contributed by atoms with E-state index in [0.29, 0.717) is 27.5 Å². The Labute approximate surface area is 155 Å². The molecular formula is C20H14N4OS. The van der Waals surface area contributed by atoms with Crippen LogP contribution < -0.4 is 5.73 Å². The number of aromatic nitrogens is 1. The molecule has 0 aliphatic heterocycles. The van der Waals surface area contributed by atoms with E-state index in [4.69, 9.17) is 5.73 Å². The van der Waals surface area contributed by atoms with E-state index in [2.05, 4.69) is 11.1 Å². The number of benzene rings is 2. The number of phenols is 1. The first-order chi connectivity index (χ1) is 12.6. The van der Waals surface area contributed by atoms with E-state index in [9.17, 15) is 15.6 Å². The first-order valence-electron chi connectivity index (χ1n) is 7.74. The Bertz CT molecular complexity index is 1020. The number of anilines is 1. The van der Waals surface area contributed by atoms with Gasteiger partial charge >= 0.3 is 0 Å². The third-order valence-corrected chi connectivity index (χ3v) is 4.84. The van der Waals surface area contributed by atoms with Crippen molar-refractivity contribution in [3.8, 4) is 29.0 Å². The minimum atomic E-state index is 0.0881. The van der Waals surface area contributed by atoms with Crippen molar-refractivity contribution in [2.45, 2.75) is 10.8 Å². The molecule has 5 nitrogen and oxygen atoms in total. The van der Waals surface area contributed by atoms with Gasteiger partial charge in [0.25, 0.3) is 0 Å². The second-order valence-electron chi connectivity index (χ2n) is 5.47. The fraction of sp³-hybridized carbons (Fsp3) is 0.0500. The maximum Gasteiger partial charge on any atom is 0.143 e. The van der Waals surface area contributed by atoms with Gasteiger partial charge in [0.2, 0.25) is 0 Å². The lowest BCUT2D eigenvalue weighted by Crippen LogP contribution is -2.03. The van der Waals surface area contributed by atoms with Crippen LogP contribution in [0.2, 0.25) is 0 Å². The molecule has 0 aliphatic carbocycles. The van der Waals surface area contributed by atoms with Gasteiger partial charge in [-0.05, 0) is 23.3 Å². The van der Waals surface area contributed by atoms with Crippen LogP contribution in [0, 0.1) is 22.7 Å². The molecule has 0 amide bonds. The molecule has 1 aromatic heterocycles. The van der Waals surface area contributed by atoms with Crippen LogP contribution in [0.5, 0.6) is 5.75 Å². The van der Waals surface area contributed by atoms with Crippen LogP contribution in [0.4, 0.5) is 5.82 Å². The lowest BCUT2D eigenvalue weighted by molar-refractivity contribution is 0.475. The maximum absolute atomic E-state index is 9.72. The summed E-state index contributed by atoms with van der Waals surface area (Å²) in [5.41, 5.74) is 8.63. The molecule has 0 aliphatic rings. The van der Waals surface area contributed by atoms with Crippen LogP contribution in [0.15, 0.2) is 59.6 Å². The standard InChI is InChI=1S/C20H14N4OS/c21-10-16-18(14-6-8-15(25)9-7-14)17(11-22)20(24-19(16)23)26-12-13-4-2-1-3-5-13/h1-9,25H,12H2,(H2,23,24). The lowest BCUT2D eigenvalue weighted by Gasteiger charge is -2.13. The van der Waals surface area contributed by atoms with Crippen molar-refractivity contribution < 1.29 is 5.11 Å². The number of pyridine rings is 1. The van der Waals surface area contributed by atoms with E-state index < -0.39 is 0 Å². The van der Waals surface area contributed by atoms with E-state index in [0.717, 1.165) is 5.56 Å². The summed E-state index contributed by atoms with van der Waals surface area (Å²) in [5.74, 6) is 0.819. The molecule has 1 heterocycles. The van der Waals surface area contributed by atoms with Gasteiger partial charge < -0.3 is 10.8 Å². The number of nitriles is 2. The van der Waals surface area contributed by atoms with E-state index in [1.54, 1.807) is 12.1 Å². The third-order valence-electron chi connectivity index (χ3n) is 3.79. The highest BCUT2D eigenvalue weighted by molar-refractivity contribution is 7.98. The molecule has 26 heavy (non-hydrogen) atoms. The third kappa shape index (κ3) is 3.46. The van der Waals surface area contributed by atoms with Crippen molar-refractivity contribution in [1.82, 2.24) is 4.98 Å². The number of hydrogen-bond acceptors (Lipinski definition) is 6. The monoisotopic (exact) mass is 358 g/mol. The number of phenolic OH excluding ortho intramolecular Hbond substituents is 1. The summed E-state index contributed by atoms with van der Waals surface area (Å²) in [4.78, 5) is 4.28. The average molecular weight is 358 g/mol. The molecule has 0 bridgehead atoms. The van der Waals surface area contributed by atoms with Crippen LogP contribution in [0.3, 0.4) is 0 Å². The number of rotatable bonds is 4. The Balaban J connectivity index is 2.10. The van der Waals surface area contributed by atoms with Gasteiger partial charge in [-0.3, -0.25) is 0 Å². The normalized spacial score (nSPS) is 10.1. The molecule has 2 aromatic carbocycles. The van der Waals surface area contributed by atoms with Crippen LogP contribution in [0.25, 0.3) is 11.1 Å². The molecule has 0 saturated heterocycles. The van der Waals surface area contributed by atoms with E-state index in [-0.39, 0.29) is 17.1 Å². The topological polar surface area (TPSA) is 107 Å². The van der Waals surface area contributed by atoms with Crippen molar-refractivity contribution in [3.05, 3.63) is 71.3 Å². The summed E-state index contributed by atoms with van der Waals surface area (Å²) in [6.07, 6.45) is 0. The molecule has 0 atom stereocenters. The first kappa shape index (κ1) is 17.3. The van der Waals surface area contributed by atoms with Gasteiger partial charge in [-0.1, -0.05) is 42.5 Å². The largest absolute Gasteiger partial charge is 0.508 e. The second kappa shape index (κ2) is 7.60. The van der Waals surface area contributed by atoms with Crippen LogP contribution in [-0.2, 0) is 5.75 Å². The number of nitrogen functional groups attached to an aromatic ring is 1. The molecule has 0 saturated carbocycles. The van der Waals surface area contributed by atoms with Gasteiger partial charge in [0.1, 0.15) is 34.3 Å². The molecular weight excluding hydrogens is 344 g/mol. The van der Waals surface area contributed by atoms with E-state index in [1.165, 1.54) is 23.9 Å². The fourth-order valence-electron chi connectivity index (χ4n) is 2.55. The molecule has 126 valence electrons. The molecule has 0 spiro atoms. The SMILES string of the molecule is N#Cc1c(N)nc(SCc2ccccc2)c(C#N)c1-c1ccc(O)cc1. The summed E-state index contributed by atoms with van der Waals surface area (Å²) in [7, 11) is 0. The number of aromatic hydroxyl groups is 1. The lowest BCUT2D eigenvalue weighted by atomic mass is 9.97. The molecule has 3 aromatic rings. The summed E-state index contributed by atoms with van der Waals surface area (Å²) in [6.45, 7) is 0. The second-order valence-corrected chi connectivity index (χ2v) is 6.44. The molecule has 6 heteroatoms. The van der Waals surface area contributed by atoms with Gasteiger partial charge in [-0.2, -0.15) is 10.5 Å². The number of hydrogen-bond donors (Lipinski definition) is 2. The zero-order valence-electron chi connectivity index (χ0n) is 13.7. The molecule has 0 radical (unpaired) electrons. The molecule has 0 unspecified atom stereocenters. The quantitative estimate of drug-likeness (QED) is 0.681. The Morgan fingerprint density at radius 2 is 1.62 bits per heavy atom. The minimum Gasteiger partial charge on any atom is -0.508 e. The number of thioether (sulfide) groups is 1. The van der Waals surface area contributed by atoms with Gasteiger partial charge in [-0.15, -0.1) is 11.8 Å². The first-order valence-corrected chi connectivity index (χ1v) is 8.72. The molecule has 0 fully saturated rings. The highest BCUT2D eigenvalue weighted by Crippen LogP contribution is 2.36. The highest BCUT2D eigenvalue weighted by Gasteiger charge is 2.20. The predicted octanol–water partition coefficient (Wildman–Crippen LogP) is 4.07. The molecule has 3 N–H and O–H groups in total. The summed E-state index contributed by atoms with van der Waals surface area (Å²) < 4.78 is 0. The van der Waals surface area contributed by atoms with Gasteiger partial charge in [0.05, 0.1) is 5.56 Å². The van der Waals surface area contributed by atoms with Gasteiger partial charge in [0, 0.05) is 11.3 Å². The minimum absolute atomic E-state index is 0.0881. The highest BCUT2D eigenvalue weighted by atomic mass is 32.2. The Hall–Kier alpha value is -3.48. The summed E-state index contributed by atoms with van der Waals surface area (Å²) in [6, 6.07) is 20.3. The van der Waals surface area contributed by atoms with Crippen LogP contribution >= 0.6 is 11.8 Å². The zero-order chi connectivity index (χ0) is 18.5. The van der Waals surface area contributed by atoms with Crippen LogP contribution in [-0.4, -0.2) is 10.1 Å². The number of nitrogens with zero attached hydrogens (tertiary/aromatic N) is 3. The Morgan fingerprint density at radius 1 is 0.962 bits per heavy atom. The van der Waals surface area contributed by atoms with Gasteiger partial charge in [0.15, 0.2) is 0 Å². The van der Waals surface area contributed by atoms with Crippen molar-refractivity contribution >= 4 is 17.6 Å². The Kier molecular flexibility index (Phi) is 5.07. The van der Waals surface area contributed by atoms with Crippen molar-refractivity contribution in [2.24, 2.45) is 0 Å². The molecule has 3 rings (SSSR count). The fourth-order valence-corrected chi connectivity index (χ4v) is 3.50. The van der Waals surface area contributed by atoms with Crippen molar-refractivity contribution in [2.75, 3.05) is 5.73 Å². The predicted molar refractivity (Wildman–Crippen MR) is 101 cm³/mol. The smallest absolute Gasteiger partial charge is 0.143 e. The van der Waals surface area contributed by atoms with E-state index >= 15 is 0 Å².